The van der Waals surface area contributed by atoms with E-state index in [1.54, 1.807) is 0 Å². The smallest absolute Gasteiger partial charge is 0.337 e. The summed E-state index contributed by atoms with van der Waals surface area (Å²) in [4.78, 5) is 11.6. The largest absolute Gasteiger partial charge is 0.465 e. The normalized spacial score (nSPS) is 20.2. The Morgan fingerprint density at radius 1 is 1.48 bits per heavy atom. The molecule has 0 spiro atoms. The lowest BCUT2D eigenvalue weighted by molar-refractivity contribution is 0.0600. The van der Waals surface area contributed by atoms with Crippen molar-refractivity contribution in [3.8, 4) is 0 Å². The van der Waals surface area contributed by atoms with Gasteiger partial charge in [0.1, 0.15) is 0 Å². The first-order chi connectivity index (χ1) is 9.87. The Labute approximate surface area is 132 Å². The fourth-order valence-corrected chi connectivity index (χ4v) is 4.93. The predicted molar refractivity (Wildman–Crippen MR) is 81.7 cm³/mol. The molecule has 8 heteroatoms. The second-order valence-corrected chi connectivity index (χ2v) is 7.52. The van der Waals surface area contributed by atoms with Gasteiger partial charge in [-0.3, -0.25) is 0 Å². The fourth-order valence-electron chi connectivity index (χ4n) is 2.26. The monoisotopic (exact) mass is 376 g/mol. The molecule has 1 unspecified atom stereocenters. The molecule has 1 saturated heterocycles. The summed E-state index contributed by atoms with van der Waals surface area (Å²) in [6.07, 6.45) is 0. The number of benzene rings is 1. The molecule has 1 heterocycles. The summed E-state index contributed by atoms with van der Waals surface area (Å²) in [7, 11) is -2.32. The average Bonchev–Trinajstić information content (AvgIpc) is 2.46. The van der Waals surface area contributed by atoms with Crippen molar-refractivity contribution >= 4 is 31.9 Å². The van der Waals surface area contributed by atoms with Gasteiger partial charge in [0.2, 0.25) is 10.0 Å². The summed E-state index contributed by atoms with van der Waals surface area (Å²) in [5.74, 6) is -0.504. The first kappa shape index (κ1) is 16.4. The zero-order chi connectivity index (χ0) is 15.6. The highest BCUT2D eigenvalue weighted by atomic mass is 79.9. The van der Waals surface area contributed by atoms with E-state index in [1.165, 1.54) is 29.6 Å². The van der Waals surface area contributed by atoms with Crippen LogP contribution in [0.1, 0.15) is 17.3 Å². The molecule has 2 rings (SSSR count). The van der Waals surface area contributed by atoms with E-state index in [-0.39, 0.29) is 10.9 Å². The maximum absolute atomic E-state index is 12.7. The number of carbonyl (C=O) groups excluding carboxylic acids is 1. The molecule has 1 atom stereocenters. The van der Waals surface area contributed by atoms with Gasteiger partial charge >= 0.3 is 5.97 Å². The van der Waals surface area contributed by atoms with Crippen LogP contribution in [0.5, 0.6) is 0 Å². The van der Waals surface area contributed by atoms with Gasteiger partial charge in [-0.25, -0.2) is 13.2 Å². The molecule has 6 nitrogen and oxygen atoms in total. The van der Waals surface area contributed by atoms with Crippen LogP contribution < -0.4 is 5.32 Å². The van der Waals surface area contributed by atoms with Crippen LogP contribution in [0.3, 0.4) is 0 Å². The number of halogens is 1. The third-order valence-corrected chi connectivity index (χ3v) is 6.37. The van der Waals surface area contributed by atoms with Crippen LogP contribution in [-0.4, -0.2) is 51.5 Å². The molecule has 1 aliphatic heterocycles. The number of piperazine rings is 1. The lowest BCUT2D eigenvalue weighted by Gasteiger charge is -2.33. The summed E-state index contributed by atoms with van der Waals surface area (Å²) in [5, 5.41) is 3.16. The van der Waals surface area contributed by atoms with Gasteiger partial charge in [0.25, 0.3) is 0 Å². The molecule has 0 saturated carbocycles. The van der Waals surface area contributed by atoms with Crippen LogP contribution >= 0.6 is 15.9 Å². The summed E-state index contributed by atoms with van der Waals surface area (Å²) >= 11 is 3.24. The number of esters is 1. The second-order valence-electron chi connectivity index (χ2n) is 4.81. The van der Waals surface area contributed by atoms with Crippen molar-refractivity contribution in [1.82, 2.24) is 9.62 Å². The highest BCUT2D eigenvalue weighted by Crippen LogP contribution is 2.28. The molecule has 0 aliphatic carbocycles. The minimum atomic E-state index is -3.60. The van der Waals surface area contributed by atoms with Crippen LogP contribution in [0.2, 0.25) is 0 Å². The summed E-state index contributed by atoms with van der Waals surface area (Å²) < 4.78 is 31.9. The average molecular weight is 377 g/mol. The van der Waals surface area contributed by atoms with Crippen molar-refractivity contribution in [2.45, 2.75) is 17.9 Å². The maximum atomic E-state index is 12.7. The number of sulfonamides is 1. The molecular formula is C13H17BrN2O4S. The van der Waals surface area contributed by atoms with Crippen molar-refractivity contribution in [3.05, 3.63) is 28.2 Å². The minimum Gasteiger partial charge on any atom is -0.465 e. The molecular weight excluding hydrogens is 360 g/mol. The SMILES string of the molecule is COC(=O)c1ccc(S(=O)(=O)N2CCNCC2C)c(Br)c1. The Bertz CT molecular complexity index is 648. The molecule has 0 aromatic heterocycles. The summed E-state index contributed by atoms with van der Waals surface area (Å²) in [5.41, 5.74) is 0.302. The number of methoxy groups -OCH3 is 1. The first-order valence-corrected chi connectivity index (χ1v) is 8.71. The maximum Gasteiger partial charge on any atom is 0.337 e. The number of rotatable bonds is 3. The van der Waals surface area contributed by atoms with Crippen LogP contribution in [0.25, 0.3) is 0 Å². The topological polar surface area (TPSA) is 75.7 Å². The Balaban J connectivity index is 2.38. The minimum absolute atomic E-state index is 0.115. The molecule has 1 N–H and O–H groups in total. The zero-order valence-electron chi connectivity index (χ0n) is 11.8. The second kappa shape index (κ2) is 6.43. The van der Waals surface area contributed by atoms with E-state index in [9.17, 15) is 13.2 Å². The lowest BCUT2D eigenvalue weighted by atomic mass is 10.2. The predicted octanol–water partition coefficient (Wildman–Crippen LogP) is 1.22. The van der Waals surface area contributed by atoms with Gasteiger partial charge in [-0.05, 0) is 41.1 Å². The standard InChI is InChI=1S/C13H17BrN2O4S/c1-9-8-15-5-6-16(9)21(18,19)12-4-3-10(7-11(12)14)13(17)20-2/h3-4,7,9,15H,5-6,8H2,1-2H3. The number of nitrogens with one attached hydrogen (secondary N) is 1. The fraction of sp³-hybridized carbons (Fsp3) is 0.462. The van der Waals surface area contributed by atoms with Crippen molar-refractivity contribution in [2.24, 2.45) is 0 Å². The number of carbonyl (C=O) groups is 1. The van der Waals surface area contributed by atoms with Crippen LogP contribution in [-0.2, 0) is 14.8 Å². The molecule has 1 aromatic rings. The van der Waals surface area contributed by atoms with Gasteiger partial charge in [0.15, 0.2) is 0 Å². The summed E-state index contributed by atoms with van der Waals surface area (Å²) in [6, 6.07) is 4.23. The molecule has 0 radical (unpaired) electrons. The van der Waals surface area contributed by atoms with Crippen LogP contribution in [0.4, 0.5) is 0 Å². The van der Waals surface area contributed by atoms with Gasteiger partial charge in [-0.1, -0.05) is 0 Å². The van der Waals surface area contributed by atoms with E-state index >= 15 is 0 Å². The van der Waals surface area contributed by atoms with E-state index in [2.05, 4.69) is 26.0 Å². The summed E-state index contributed by atoms with van der Waals surface area (Å²) in [6.45, 7) is 3.54. The van der Waals surface area contributed by atoms with Gasteiger partial charge < -0.3 is 10.1 Å². The molecule has 1 aliphatic rings. The van der Waals surface area contributed by atoms with Crippen molar-refractivity contribution in [2.75, 3.05) is 26.7 Å². The Kier molecular flexibility index (Phi) is 5.03. The van der Waals surface area contributed by atoms with Crippen molar-refractivity contribution in [1.29, 1.82) is 0 Å². The van der Waals surface area contributed by atoms with E-state index in [0.29, 0.717) is 29.7 Å². The van der Waals surface area contributed by atoms with Gasteiger partial charge in [0.05, 0.1) is 17.6 Å². The highest BCUT2D eigenvalue weighted by molar-refractivity contribution is 9.10. The van der Waals surface area contributed by atoms with E-state index in [4.69, 9.17) is 0 Å². The van der Waals surface area contributed by atoms with E-state index in [1.807, 2.05) is 6.92 Å². The van der Waals surface area contributed by atoms with E-state index in [0.717, 1.165) is 0 Å². The third-order valence-electron chi connectivity index (χ3n) is 3.38. The van der Waals surface area contributed by atoms with Crippen molar-refractivity contribution < 1.29 is 17.9 Å². The number of nitrogens with zero attached hydrogens (tertiary/aromatic N) is 1. The van der Waals surface area contributed by atoms with Gasteiger partial charge in [0, 0.05) is 30.1 Å². The van der Waals surface area contributed by atoms with Crippen LogP contribution in [0, 0.1) is 0 Å². The molecule has 1 aromatic carbocycles. The third kappa shape index (κ3) is 3.28. The van der Waals surface area contributed by atoms with Crippen LogP contribution in [0.15, 0.2) is 27.6 Å². The highest BCUT2D eigenvalue weighted by Gasteiger charge is 2.32. The number of hydrogen-bond donors (Lipinski definition) is 1. The Hall–Kier alpha value is -0.960. The molecule has 116 valence electrons. The number of ether oxygens (including phenoxy) is 1. The quantitative estimate of drug-likeness (QED) is 0.802. The van der Waals surface area contributed by atoms with Gasteiger partial charge in [-0.2, -0.15) is 4.31 Å². The molecule has 0 amide bonds. The molecule has 1 fully saturated rings. The Morgan fingerprint density at radius 2 is 2.19 bits per heavy atom. The van der Waals surface area contributed by atoms with E-state index < -0.39 is 16.0 Å². The Morgan fingerprint density at radius 3 is 2.76 bits per heavy atom. The molecule has 0 bridgehead atoms. The molecule has 21 heavy (non-hydrogen) atoms. The van der Waals surface area contributed by atoms with Crippen molar-refractivity contribution in [3.63, 3.8) is 0 Å². The lowest BCUT2D eigenvalue weighted by Crippen LogP contribution is -2.52. The zero-order valence-corrected chi connectivity index (χ0v) is 14.2. The number of hydrogen-bond acceptors (Lipinski definition) is 5. The van der Waals surface area contributed by atoms with Gasteiger partial charge in [-0.15, -0.1) is 0 Å². The first-order valence-electron chi connectivity index (χ1n) is 6.48.